The van der Waals surface area contributed by atoms with Gasteiger partial charge in [-0.3, -0.25) is 4.79 Å². The maximum atomic E-state index is 12.0. The van der Waals surface area contributed by atoms with Gasteiger partial charge in [0.15, 0.2) is 0 Å². The Kier molecular flexibility index (Phi) is 6.45. The Morgan fingerprint density at radius 1 is 1.04 bits per heavy atom. The molecule has 0 aliphatic carbocycles. The molecule has 0 aliphatic heterocycles. The molecule has 0 spiro atoms. The predicted octanol–water partition coefficient (Wildman–Crippen LogP) is 5.93. The molecule has 0 saturated heterocycles. The van der Waals surface area contributed by atoms with Crippen LogP contribution in [0.1, 0.15) is 65.2 Å². The van der Waals surface area contributed by atoms with Gasteiger partial charge in [-0.25, -0.2) is 0 Å². The highest BCUT2D eigenvalue weighted by Gasteiger charge is 2.26. The molecule has 0 bridgehead atoms. The zero-order valence-electron chi connectivity index (χ0n) is 15.4. The van der Waals surface area contributed by atoms with E-state index in [9.17, 15) is 9.90 Å². The van der Waals surface area contributed by atoms with Crippen LogP contribution in [-0.4, -0.2) is 16.5 Å². The van der Waals surface area contributed by atoms with Crippen LogP contribution in [0.25, 0.3) is 6.08 Å². The van der Waals surface area contributed by atoms with E-state index in [-0.39, 0.29) is 15.9 Å². The highest BCUT2D eigenvalue weighted by atomic mass is 33.1. The lowest BCUT2D eigenvalue weighted by Gasteiger charge is -2.28. The van der Waals surface area contributed by atoms with Gasteiger partial charge in [-0.05, 0) is 58.6 Å². The molecule has 1 aromatic rings. The molecule has 0 unspecified atom stereocenters. The van der Waals surface area contributed by atoms with Crippen LogP contribution in [0.2, 0.25) is 0 Å². The topological polar surface area (TPSA) is 37.3 Å². The fourth-order valence-corrected chi connectivity index (χ4v) is 3.52. The minimum Gasteiger partial charge on any atom is -0.507 e. The van der Waals surface area contributed by atoms with Gasteiger partial charge in [0, 0.05) is 16.7 Å². The molecule has 23 heavy (non-hydrogen) atoms. The van der Waals surface area contributed by atoms with Gasteiger partial charge in [0.2, 0.25) is 5.12 Å². The Bertz CT molecular complexity index is 582. The molecule has 2 nitrogen and oxygen atoms in total. The Morgan fingerprint density at radius 2 is 1.48 bits per heavy atom. The molecule has 0 fully saturated rings. The number of hydrogen-bond donors (Lipinski definition) is 1. The van der Waals surface area contributed by atoms with Gasteiger partial charge in [0.25, 0.3) is 0 Å². The number of rotatable bonds is 3. The van der Waals surface area contributed by atoms with Crippen molar-refractivity contribution in [1.29, 1.82) is 0 Å². The summed E-state index contributed by atoms with van der Waals surface area (Å²) in [6, 6.07) is 3.98. The minimum atomic E-state index is -0.167. The first-order valence-corrected chi connectivity index (χ1v) is 10.2. The summed E-state index contributed by atoms with van der Waals surface area (Å²) in [6.45, 7) is 14.4. The summed E-state index contributed by atoms with van der Waals surface area (Å²) in [7, 11) is 2.69. The summed E-state index contributed by atoms with van der Waals surface area (Å²) in [4.78, 5) is 12.0. The molecule has 0 aromatic heterocycles. The second-order valence-electron chi connectivity index (χ2n) is 7.83. The van der Waals surface area contributed by atoms with Crippen LogP contribution < -0.4 is 0 Å². The van der Waals surface area contributed by atoms with Gasteiger partial charge in [0.05, 0.1) is 0 Å². The lowest BCUT2D eigenvalue weighted by Crippen LogP contribution is -2.17. The summed E-state index contributed by atoms with van der Waals surface area (Å²) in [5.41, 5.74) is 3.17. The lowest BCUT2D eigenvalue weighted by molar-refractivity contribution is -0.107. The molecule has 0 atom stereocenters. The highest BCUT2D eigenvalue weighted by molar-refractivity contribution is 8.82. The van der Waals surface area contributed by atoms with Crippen molar-refractivity contribution < 1.29 is 9.90 Å². The van der Waals surface area contributed by atoms with Crippen LogP contribution in [0, 0.1) is 0 Å². The van der Waals surface area contributed by atoms with Crippen LogP contribution >= 0.6 is 21.6 Å². The predicted molar refractivity (Wildman–Crippen MR) is 105 cm³/mol. The van der Waals surface area contributed by atoms with Gasteiger partial charge in [-0.15, -0.1) is 0 Å². The standard InChI is InChI=1S/C19H28O2S2/c1-12(17(21)23-22-8)9-13-10-14(18(2,3)4)16(20)15(11-13)19(5,6)7/h9-11,20H,1-8H3/b12-9+. The summed E-state index contributed by atoms with van der Waals surface area (Å²) in [5, 5.41) is 10.8. The highest BCUT2D eigenvalue weighted by Crippen LogP contribution is 2.40. The molecule has 128 valence electrons. The molecular weight excluding hydrogens is 324 g/mol. The average molecular weight is 353 g/mol. The molecular formula is C19H28O2S2. The Hall–Kier alpha value is -0.870. The van der Waals surface area contributed by atoms with Crippen LogP contribution in [0.15, 0.2) is 17.7 Å². The number of phenols is 1. The van der Waals surface area contributed by atoms with E-state index in [0.29, 0.717) is 5.75 Å². The van der Waals surface area contributed by atoms with Crippen molar-refractivity contribution in [2.24, 2.45) is 0 Å². The molecule has 0 aliphatic rings. The second kappa shape index (κ2) is 7.35. The smallest absolute Gasteiger partial charge is 0.225 e. The van der Waals surface area contributed by atoms with Gasteiger partial charge in [-0.2, -0.15) is 0 Å². The zero-order chi connectivity index (χ0) is 18.0. The van der Waals surface area contributed by atoms with E-state index < -0.39 is 0 Å². The molecule has 0 heterocycles. The third-order valence-electron chi connectivity index (χ3n) is 3.61. The quantitative estimate of drug-likeness (QED) is 0.540. The second-order valence-corrected chi connectivity index (χ2v) is 10.2. The number of hydrogen-bond acceptors (Lipinski definition) is 4. The SMILES string of the molecule is CSSC(=O)/C(C)=C/c1cc(C(C)(C)C)c(O)c(C(C)(C)C)c1. The summed E-state index contributed by atoms with van der Waals surface area (Å²) in [5.74, 6) is 0.365. The van der Waals surface area contributed by atoms with Crippen LogP contribution in [0.3, 0.4) is 0 Å². The van der Waals surface area contributed by atoms with E-state index in [1.54, 1.807) is 0 Å². The van der Waals surface area contributed by atoms with Gasteiger partial charge in [-0.1, -0.05) is 52.3 Å². The van der Waals surface area contributed by atoms with Gasteiger partial charge < -0.3 is 5.11 Å². The first-order valence-electron chi connectivity index (χ1n) is 7.69. The zero-order valence-corrected chi connectivity index (χ0v) is 17.0. The monoisotopic (exact) mass is 352 g/mol. The van der Waals surface area contributed by atoms with Crippen LogP contribution in [-0.2, 0) is 15.6 Å². The minimum absolute atomic E-state index is 0.0696. The molecule has 0 radical (unpaired) electrons. The van der Waals surface area contributed by atoms with Crippen LogP contribution in [0.4, 0.5) is 0 Å². The molecule has 0 saturated carbocycles. The molecule has 0 amide bonds. The van der Waals surface area contributed by atoms with E-state index >= 15 is 0 Å². The van der Waals surface area contributed by atoms with Gasteiger partial charge in [0.1, 0.15) is 5.75 Å². The third kappa shape index (κ3) is 5.32. The first kappa shape index (κ1) is 20.2. The van der Waals surface area contributed by atoms with Gasteiger partial charge >= 0.3 is 0 Å². The normalized spacial score (nSPS) is 13.3. The average Bonchev–Trinajstić information content (AvgIpc) is 2.38. The van der Waals surface area contributed by atoms with Crippen molar-refractivity contribution in [1.82, 2.24) is 0 Å². The van der Waals surface area contributed by atoms with E-state index in [1.165, 1.54) is 21.6 Å². The lowest BCUT2D eigenvalue weighted by atomic mass is 9.78. The van der Waals surface area contributed by atoms with Crippen molar-refractivity contribution in [3.63, 3.8) is 0 Å². The Labute approximate surface area is 148 Å². The molecule has 1 rings (SSSR count). The first-order chi connectivity index (χ1) is 10.4. The summed E-state index contributed by atoms with van der Waals surface area (Å²) in [6.07, 6.45) is 3.81. The summed E-state index contributed by atoms with van der Waals surface area (Å²) >= 11 is 0. The fourth-order valence-electron chi connectivity index (χ4n) is 2.33. The maximum Gasteiger partial charge on any atom is 0.225 e. The third-order valence-corrected chi connectivity index (χ3v) is 5.21. The van der Waals surface area contributed by atoms with Crippen molar-refractivity contribution in [2.75, 3.05) is 6.26 Å². The number of aromatic hydroxyl groups is 1. The largest absolute Gasteiger partial charge is 0.507 e. The van der Waals surface area contributed by atoms with E-state index in [4.69, 9.17) is 0 Å². The van der Waals surface area contributed by atoms with Crippen LogP contribution in [0.5, 0.6) is 5.75 Å². The number of carbonyl (C=O) groups is 1. The Balaban J connectivity index is 3.51. The molecule has 1 N–H and O–H groups in total. The van der Waals surface area contributed by atoms with Crippen molar-refractivity contribution >= 4 is 32.8 Å². The number of carbonyl (C=O) groups excluding carboxylic acids is 1. The van der Waals surface area contributed by atoms with E-state index in [1.807, 2.05) is 31.4 Å². The molecule has 4 heteroatoms. The van der Waals surface area contributed by atoms with Crippen molar-refractivity contribution in [3.05, 3.63) is 34.4 Å². The number of benzene rings is 1. The van der Waals surface area contributed by atoms with E-state index in [2.05, 4.69) is 41.5 Å². The fraction of sp³-hybridized carbons (Fsp3) is 0.526. The number of phenolic OH excluding ortho intramolecular Hbond substituents is 1. The van der Waals surface area contributed by atoms with Crippen molar-refractivity contribution in [3.8, 4) is 5.75 Å². The maximum absolute atomic E-state index is 12.0. The Morgan fingerprint density at radius 3 is 1.83 bits per heavy atom. The van der Waals surface area contributed by atoms with Crippen molar-refractivity contribution in [2.45, 2.75) is 59.3 Å². The van der Waals surface area contributed by atoms with E-state index in [0.717, 1.165) is 22.3 Å². The molecule has 1 aromatic carbocycles. The summed E-state index contributed by atoms with van der Waals surface area (Å²) < 4.78 is 0.